The van der Waals surface area contributed by atoms with E-state index in [4.69, 9.17) is 5.84 Å². The zero-order valence-corrected chi connectivity index (χ0v) is 10.5. The van der Waals surface area contributed by atoms with E-state index in [1.54, 1.807) is 0 Å². The van der Waals surface area contributed by atoms with Crippen LogP contribution in [0.25, 0.3) is 0 Å². The third kappa shape index (κ3) is 3.91. The number of hydrogen-bond acceptors (Lipinski definition) is 3. The van der Waals surface area contributed by atoms with Gasteiger partial charge in [0.25, 0.3) is 0 Å². The van der Waals surface area contributed by atoms with Crippen LogP contribution >= 0.6 is 0 Å². The van der Waals surface area contributed by atoms with E-state index in [-0.39, 0.29) is 6.04 Å². The number of hydrogen-bond donors (Lipinski definition) is 2. The average molecular weight is 221 g/mol. The van der Waals surface area contributed by atoms with Crippen molar-refractivity contribution in [3.63, 3.8) is 0 Å². The van der Waals surface area contributed by atoms with E-state index in [2.05, 4.69) is 24.3 Å². The lowest BCUT2D eigenvalue weighted by molar-refractivity contribution is 0.389. The third-order valence-electron chi connectivity index (χ3n) is 2.89. The van der Waals surface area contributed by atoms with Crippen molar-refractivity contribution in [2.24, 2.45) is 11.8 Å². The van der Waals surface area contributed by atoms with Gasteiger partial charge in [0, 0.05) is 5.69 Å². The number of nitrogens with two attached hydrogens (primary N) is 1. The summed E-state index contributed by atoms with van der Waals surface area (Å²) in [6.45, 7) is 6.49. The highest BCUT2D eigenvalue weighted by Crippen LogP contribution is 2.21. The molecule has 0 bridgehead atoms. The monoisotopic (exact) mass is 221 g/mol. The van der Waals surface area contributed by atoms with Gasteiger partial charge in [0.15, 0.2) is 0 Å². The number of hydrazine groups is 1. The summed E-state index contributed by atoms with van der Waals surface area (Å²) >= 11 is 0. The van der Waals surface area contributed by atoms with Crippen molar-refractivity contribution in [3.05, 3.63) is 29.6 Å². The summed E-state index contributed by atoms with van der Waals surface area (Å²) in [5, 5.41) is 0. The lowest BCUT2D eigenvalue weighted by atomic mass is 9.95. The molecule has 1 rings (SSSR count). The van der Waals surface area contributed by atoms with E-state index < -0.39 is 0 Å². The van der Waals surface area contributed by atoms with Crippen LogP contribution in [0.2, 0.25) is 0 Å². The van der Waals surface area contributed by atoms with Gasteiger partial charge in [-0.1, -0.05) is 32.8 Å². The molecule has 1 aromatic heterocycles. The van der Waals surface area contributed by atoms with E-state index in [1.165, 1.54) is 12.8 Å². The van der Waals surface area contributed by atoms with Crippen LogP contribution in [0.5, 0.6) is 0 Å². The van der Waals surface area contributed by atoms with Crippen LogP contribution in [-0.4, -0.2) is 4.98 Å². The molecule has 3 nitrogen and oxygen atoms in total. The maximum absolute atomic E-state index is 5.61. The summed E-state index contributed by atoms with van der Waals surface area (Å²) in [5.74, 6) is 6.28. The second-order valence-corrected chi connectivity index (χ2v) is 4.55. The minimum atomic E-state index is 0.168. The van der Waals surface area contributed by atoms with E-state index in [0.29, 0.717) is 5.92 Å². The smallest absolute Gasteiger partial charge is 0.0634 e. The largest absolute Gasteiger partial charge is 0.271 e. The molecule has 0 radical (unpaired) electrons. The highest BCUT2D eigenvalue weighted by molar-refractivity contribution is 5.13. The Morgan fingerprint density at radius 1 is 1.44 bits per heavy atom. The SMILES string of the molecule is CCCC(C)CC(NN)c1cccc(C)n1. The number of nitrogens with one attached hydrogen (secondary N) is 1. The van der Waals surface area contributed by atoms with Gasteiger partial charge in [-0.25, -0.2) is 0 Å². The molecule has 0 aliphatic carbocycles. The van der Waals surface area contributed by atoms with Gasteiger partial charge in [-0.3, -0.25) is 16.3 Å². The second kappa shape index (κ2) is 6.61. The standard InChI is InChI=1S/C13H23N3/c1-4-6-10(2)9-13(16-14)12-8-5-7-11(3)15-12/h5,7-8,10,13,16H,4,6,9,14H2,1-3H3. The Kier molecular flexibility index (Phi) is 5.43. The summed E-state index contributed by atoms with van der Waals surface area (Å²) in [6.07, 6.45) is 3.50. The predicted octanol–water partition coefficient (Wildman–Crippen LogP) is 2.72. The van der Waals surface area contributed by atoms with Crippen LogP contribution in [0.1, 0.15) is 50.5 Å². The highest BCUT2D eigenvalue weighted by atomic mass is 15.2. The first kappa shape index (κ1) is 13.1. The van der Waals surface area contributed by atoms with Crippen LogP contribution in [-0.2, 0) is 0 Å². The van der Waals surface area contributed by atoms with Crippen molar-refractivity contribution in [2.75, 3.05) is 0 Å². The second-order valence-electron chi connectivity index (χ2n) is 4.55. The molecule has 0 aromatic carbocycles. The molecule has 0 amide bonds. The van der Waals surface area contributed by atoms with Crippen LogP contribution in [0.4, 0.5) is 0 Å². The summed E-state index contributed by atoms with van der Waals surface area (Å²) in [7, 11) is 0. The number of nitrogens with zero attached hydrogens (tertiary/aromatic N) is 1. The Bertz CT molecular complexity index is 312. The van der Waals surface area contributed by atoms with Crippen molar-refractivity contribution in [3.8, 4) is 0 Å². The minimum Gasteiger partial charge on any atom is -0.271 e. The van der Waals surface area contributed by atoms with Gasteiger partial charge in [-0.05, 0) is 31.4 Å². The molecule has 0 spiro atoms. The molecule has 3 N–H and O–H groups in total. The van der Waals surface area contributed by atoms with Gasteiger partial charge in [-0.15, -0.1) is 0 Å². The summed E-state index contributed by atoms with van der Waals surface area (Å²) in [4.78, 5) is 4.52. The van der Waals surface area contributed by atoms with Gasteiger partial charge in [0.2, 0.25) is 0 Å². The van der Waals surface area contributed by atoms with Crippen molar-refractivity contribution in [2.45, 2.75) is 46.1 Å². The first-order valence-electron chi connectivity index (χ1n) is 6.07. The number of aryl methyl sites for hydroxylation is 1. The molecule has 3 heteroatoms. The molecule has 0 saturated heterocycles. The normalized spacial score (nSPS) is 14.8. The van der Waals surface area contributed by atoms with E-state index in [9.17, 15) is 0 Å². The van der Waals surface area contributed by atoms with Gasteiger partial charge in [0.1, 0.15) is 0 Å². The van der Waals surface area contributed by atoms with Crippen LogP contribution < -0.4 is 11.3 Å². The third-order valence-corrected chi connectivity index (χ3v) is 2.89. The fraction of sp³-hybridized carbons (Fsp3) is 0.615. The molecule has 1 heterocycles. The first-order chi connectivity index (χ1) is 7.67. The van der Waals surface area contributed by atoms with Crippen LogP contribution in [0.15, 0.2) is 18.2 Å². The lowest BCUT2D eigenvalue weighted by Gasteiger charge is -2.19. The van der Waals surface area contributed by atoms with Crippen molar-refractivity contribution < 1.29 is 0 Å². The van der Waals surface area contributed by atoms with E-state index >= 15 is 0 Å². The van der Waals surface area contributed by atoms with Crippen LogP contribution in [0, 0.1) is 12.8 Å². The maximum atomic E-state index is 5.61. The lowest BCUT2D eigenvalue weighted by Crippen LogP contribution is -2.30. The number of pyridine rings is 1. The molecule has 2 unspecified atom stereocenters. The van der Waals surface area contributed by atoms with Crippen LogP contribution in [0.3, 0.4) is 0 Å². The summed E-state index contributed by atoms with van der Waals surface area (Å²) in [5.41, 5.74) is 4.96. The zero-order valence-electron chi connectivity index (χ0n) is 10.5. The van der Waals surface area contributed by atoms with Gasteiger partial charge >= 0.3 is 0 Å². The fourth-order valence-electron chi connectivity index (χ4n) is 2.05. The Balaban J connectivity index is 2.67. The maximum Gasteiger partial charge on any atom is 0.0634 e. The Labute approximate surface area is 98.4 Å². The molecule has 0 saturated carbocycles. The van der Waals surface area contributed by atoms with E-state index in [1.807, 2.05) is 25.1 Å². The van der Waals surface area contributed by atoms with Crippen molar-refractivity contribution in [1.29, 1.82) is 0 Å². The fourth-order valence-corrected chi connectivity index (χ4v) is 2.05. The quantitative estimate of drug-likeness (QED) is 0.573. The predicted molar refractivity (Wildman–Crippen MR) is 67.7 cm³/mol. The molecule has 0 aliphatic heterocycles. The molecule has 0 aliphatic rings. The zero-order chi connectivity index (χ0) is 12.0. The molecule has 1 aromatic rings. The van der Waals surface area contributed by atoms with E-state index in [0.717, 1.165) is 17.8 Å². The van der Waals surface area contributed by atoms with Crippen molar-refractivity contribution in [1.82, 2.24) is 10.4 Å². The number of aromatic nitrogens is 1. The Morgan fingerprint density at radius 3 is 2.75 bits per heavy atom. The minimum absolute atomic E-state index is 0.168. The Morgan fingerprint density at radius 2 is 2.19 bits per heavy atom. The summed E-state index contributed by atoms with van der Waals surface area (Å²) < 4.78 is 0. The molecule has 16 heavy (non-hydrogen) atoms. The highest BCUT2D eigenvalue weighted by Gasteiger charge is 2.14. The van der Waals surface area contributed by atoms with Gasteiger partial charge < -0.3 is 0 Å². The summed E-state index contributed by atoms with van der Waals surface area (Å²) in [6, 6.07) is 6.25. The van der Waals surface area contributed by atoms with Gasteiger partial charge in [0.05, 0.1) is 11.7 Å². The molecule has 2 atom stereocenters. The topological polar surface area (TPSA) is 50.9 Å². The van der Waals surface area contributed by atoms with Gasteiger partial charge in [-0.2, -0.15) is 0 Å². The Hall–Kier alpha value is -0.930. The molecule has 0 fully saturated rings. The molecular weight excluding hydrogens is 198 g/mol. The molecular formula is C13H23N3. The number of rotatable bonds is 6. The molecule has 90 valence electrons. The average Bonchev–Trinajstić information content (AvgIpc) is 2.26. The first-order valence-corrected chi connectivity index (χ1v) is 6.07. The van der Waals surface area contributed by atoms with Crippen molar-refractivity contribution >= 4 is 0 Å².